The van der Waals surface area contributed by atoms with Crippen molar-refractivity contribution in [1.29, 1.82) is 0 Å². The smallest absolute Gasteiger partial charge is 0.270 e. The summed E-state index contributed by atoms with van der Waals surface area (Å²) in [5.41, 5.74) is 1.68. The molecule has 7 heteroatoms. The minimum absolute atomic E-state index is 0. The van der Waals surface area contributed by atoms with Crippen molar-refractivity contribution in [2.24, 2.45) is 0 Å². The second-order valence-corrected chi connectivity index (χ2v) is 4.73. The van der Waals surface area contributed by atoms with E-state index < -0.39 is 4.92 Å². The van der Waals surface area contributed by atoms with E-state index in [1.165, 1.54) is 6.07 Å². The highest BCUT2D eigenvalue weighted by molar-refractivity contribution is 7.09. The van der Waals surface area contributed by atoms with Crippen molar-refractivity contribution in [1.82, 2.24) is 10.3 Å². The van der Waals surface area contributed by atoms with Gasteiger partial charge in [-0.2, -0.15) is 0 Å². The SMILES string of the molecule is CNCCc1nc(-c2cccc([N+](=O)[O-])c2)cs1.Cl. The predicted octanol–water partition coefficient (Wildman–Crippen LogP) is 2.90. The van der Waals surface area contributed by atoms with Gasteiger partial charge in [0.1, 0.15) is 0 Å². The predicted molar refractivity (Wildman–Crippen MR) is 79.1 cm³/mol. The molecule has 19 heavy (non-hydrogen) atoms. The van der Waals surface area contributed by atoms with Crippen molar-refractivity contribution in [3.63, 3.8) is 0 Å². The molecule has 0 radical (unpaired) electrons. The molecule has 5 nitrogen and oxygen atoms in total. The lowest BCUT2D eigenvalue weighted by molar-refractivity contribution is -0.384. The largest absolute Gasteiger partial charge is 0.319 e. The fourth-order valence-corrected chi connectivity index (χ4v) is 2.38. The van der Waals surface area contributed by atoms with Crippen molar-refractivity contribution < 1.29 is 4.92 Å². The molecule has 1 aromatic carbocycles. The fraction of sp³-hybridized carbons (Fsp3) is 0.250. The van der Waals surface area contributed by atoms with Gasteiger partial charge in [0.25, 0.3) is 5.69 Å². The number of benzene rings is 1. The Hall–Kier alpha value is -1.50. The zero-order valence-electron chi connectivity index (χ0n) is 10.3. The average molecular weight is 300 g/mol. The van der Waals surface area contributed by atoms with E-state index in [-0.39, 0.29) is 18.1 Å². The third kappa shape index (κ3) is 3.99. The van der Waals surface area contributed by atoms with Gasteiger partial charge in [-0.3, -0.25) is 10.1 Å². The number of nitrogens with zero attached hydrogens (tertiary/aromatic N) is 2. The van der Waals surface area contributed by atoms with Gasteiger partial charge in [-0.05, 0) is 7.05 Å². The zero-order chi connectivity index (χ0) is 13.0. The van der Waals surface area contributed by atoms with Crippen LogP contribution < -0.4 is 5.32 Å². The van der Waals surface area contributed by atoms with Gasteiger partial charge in [0, 0.05) is 36.0 Å². The van der Waals surface area contributed by atoms with Gasteiger partial charge >= 0.3 is 0 Å². The first-order chi connectivity index (χ1) is 8.70. The molecule has 0 aliphatic carbocycles. The zero-order valence-corrected chi connectivity index (χ0v) is 12.0. The average Bonchev–Trinajstić information content (AvgIpc) is 2.85. The van der Waals surface area contributed by atoms with Crippen molar-refractivity contribution in [3.05, 3.63) is 44.8 Å². The van der Waals surface area contributed by atoms with Crippen LogP contribution in [-0.4, -0.2) is 23.5 Å². The summed E-state index contributed by atoms with van der Waals surface area (Å²) in [6, 6.07) is 6.55. The highest BCUT2D eigenvalue weighted by atomic mass is 35.5. The van der Waals surface area contributed by atoms with Crippen molar-refractivity contribution in [2.45, 2.75) is 6.42 Å². The lowest BCUT2D eigenvalue weighted by Crippen LogP contribution is -2.09. The molecule has 1 heterocycles. The van der Waals surface area contributed by atoms with E-state index >= 15 is 0 Å². The van der Waals surface area contributed by atoms with Gasteiger partial charge in [-0.1, -0.05) is 12.1 Å². The Morgan fingerprint density at radius 2 is 2.26 bits per heavy atom. The molecular formula is C12H14ClN3O2S. The molecule has 1 N–H and O–H groups in total. The summed E-state index contributed by atoms with van der Waals surface area (Å²) < 4.78 is 0. The standard InChI is InChI=1S/C12H13N3O2S.ClH/c1-13-6-5-12-14-11(8-18-12)9-3-2-4-10(7-9)15(16)17;/h2-4,7-8,13H,5-6H2,1H3;1H. The van der Waals surface area contributed by atoms with Crippen LogP contribution in [0.1, 0.15) is 5.01 Å². The summed E-state index contributed by atoms with van der Waals surface area (Å²) in [7, 11) is 1.90. The molecule has 0 bridgehead atoms. The number of nitro groups is 1. The van der Waals surface area contributed by atoms with Crippen LogP contribution >= 0.6 is 23.7 Å². The van der Waals surface area contributed by atoms with E-state index in [1.807, 2.05) is 18.5 Å². The number of hydrogen-bond donors (Lipinski definition) is 1. The maximum atomic E-state index is 10.7. The van der Waals surface area contributed by atoms with Crippen LogP contribution in [0.4, 0.5) is 5.69 Å². The number of nitro benzene ring substituents is 1. The first-order valence-electron chi connectivity index (χ1n) is 5.54. The van der Waals surface area contributed by atoms with Crippen LogP contribution in [0.15, 0.2) is 29.6 Å². The monoisotopic (exact) mass is 299 g/mol. The third-order valence-corrected chi connectivity index (χ3v) is 3.40. The Morgan fingerprint density at radius 1 is 1.47 bits per heavy atom. The molecule has 0 saturated carbocycles. The number of non-ortho nitro benzene ring substituents is 1. The number of halogens is 1. The van der Waals surface area contributed by atoms with Crippen LogP contribution in [-0.2, 0) is 6.42 Å². The molecule has 0 fully saturated rings. The first kappa shape index (κ1) is 15.6. The Balaban J connectivity index is 0.00000180. The summed E-state index contributed by atoms with van der Waals surface area (Å²) >= 11 is 1.58. The number of likely N-dealkylation sites (N-methyl/N-ethyl adjacent to an activating group) is 1. The van der Waals surface area contributed by atoms with Crippen LogP contribution in [0.2, 0.25) is 0 Å². The second-order valence-electron chi connectivity index (χ2n) is 3.79. The van der Waals surface area contributed by atoms with E-state index in [0.29, 0.717) is 0 Å². The van der Waals surface area contributed by atoms with Crippen molar-refractivity contribution in [2.75, 3.05) is 13.6 Å². The molecule has 0 spiro atoms. The Morgan fingerprint density at radius 3 is 2.95 bits per heavy atom. The maximum Gasteiger partial charge on any atom is 0.270 e. The van der Waals surface area contributed by atoms with E-state index in [9.17, 15) is 10.1 Å². The number of aromatic nitrogens is 1. The molecule has 0 atom stereocenters. The summed E-state index contributed by atoms with van der Waals surface area (Å²) in [5.74, 6) is 0. The van der Waals surface area contributed by atoms with Crippen molar-refractivity contribution >= 4 is 29.4 Å². The molecule has 2 aromatic rings. The fourth-order valence-electron chi connectivity index (χ4n) is 1.57. The minimum atomic E-state index is -0.391. The summed E-state index contributed by atoms with van der Waals surface area (Å²) in [4.78, 5) is 14.8. The van der Waals surface area contributed by atoms with E-state index in [2.05, 4.69) is 10.3 Å². The highest BCUT2D eigenvalue weighted by Gasteiger charge is 2.09. The molecular weight excluding hydrogens is 286 g/mol. The normalized spacial score (nSPS) is 9.95. The molecule has 102 valence electrons. The van der Waals surface area contributed by atoms with E-state index in [0.717, 1.165) is 29.2 Å². The van der Waals surface area contributed by atoms with E-state index in [1.54, 1.807) is 23.5 Å². The van der Waals surface area contributed by atoms with Crippen LogP contribution in [0, 0.1) is 10.1 Å². The van der Waals surface area contributed by atoms with Gasteiger partial charge < -0.3 is 5.32 Å². The molecule has 0 aliphatic heterocycles. The van der Waals surface area contributed by atoms with Gasteiger partial charge in [0.2, 0.25) is 0 Å². The van der Waals surface area contributed by atoms with Gasteiger partial charge in [-0.15, -0.1) is 23.7 Å². The van der Waals surface area contributed by atoms with Gasteiger partial charge in [0.15, 0.2) is 0 Å². The molecule has 2 rings (SSSR count). The molecule has 0 saturated heterocycles. The van der Waals surface area contributed by atoms with Crippen LogP contribution in [0.5, 0.6) is 0 Å². The second kappa shape index (κ2) is 7.18. The lowest BCUT2D eigenvalue weighted by Gasteiger charge is -1.97. The lowest BCUT2D eigenvalue weighted by atomic mass is 10.1. The molecule has 0 amide bonds. The molecule has 0 aliphatic rings. The Kier molecular flexibility index (Phi) is 5.88. The Labute approximate surface area is 121 Å². The number of hydrogen-bond acceptors (Lipinski definition) is 5. The van der Waals surface area contributed by atoms with Crippen LogP contribution in [0.25, 0.3) is 11.3 Å². The minimum Gasteiger partial charge on any atom is -0.319 e. The summed E-state index contributed by atoms with van der Waals surface area (Å²) in [6.07, 6.45) is 0.871. The summed E-state index contributed by atoms with van der Waals surface area (Å²) in [5, 5.41) is 16.7. The van der Waals surface area contributed by atoms with Gasteiger partial charge in [0.05, 0.1) is 15.6 Å². The third-order valence-electron chi connectivity index (χ3n) is 2.49. The van der Waals surface area contributed by atoms with E-state index in [4.69, 9.17) is 0 Å². The summed E-state index contributed by atoms with van der Waals surface area (Å²) in [6.45, 7) is 0.877. The first-order valence-corrected chi connectivity index (χ1v) is 6.42. The molecule has 1 aromatic heterocycles. The maximum absolute atomic E-state index is 10.7. The number of nitrogens with one attached hydrogen (secondary N) is 1. The highest BCUT2D eigenvalue weighted by Crippen LogP contribution is 2.25. The molecule has 0 unspecified atom stereocenters. The topological polar surface area (TPSA) is 68.1 Å². The van der Waals surface area contributed by atoms with Gasteiger partial charge in [-0.25, -0.2) is 4.98 Å². The number of thiazole rings is 1. The van der Waals surface area contributed by atoms with Crippen molar-refractivity contribution in [3.8, 4) is 11.3 Å². The number of rotatable bonds is 5. The quantitative estimate of drug-likeness (QED) is 0.681. The van der Waals surface area contributed by atoms with Crippen LogP contribution in [0.3, 0.4) is 0 Å². The Bertz CT molecular complexity index is 559.